The van der Waals surface area contributed by atoms with E-state index in [1.165, 1.54) is 64.2 Å². The molecule has 0 saturated heterocycles. The summed E-state index contributed by atoms with van der Waals surface area (Å²) < 4.78 is 0. The summed E-state index contributed by atoms with van der Waals surface area (Å²) in [5, 5.41) is 31.2. The molecule has 0 aromatic heterocycles. The van der Waals surface area contributed by atoms with Gasteiger partial charge in [-0.15, -0.1) is 0 Å². The van der Waals surface area contributed by atoms with Crippen molar-refractivity contribution in [3.8, 4) is 0 Å². The third-order valence-corrected chi connectivity index (χ3v) is 11.7. The average Bonchev–Trinajstić information content (AvgIpc) is 3.14. The Morgan fingerprint density at radius 3 is 2.32 bits per heavy atom. The van der Waals surface area contributed by atoms with Crippen molar-refractivity contribution in [2.45, 2.75) is 136 Å². The zero-order valence-electron chi connectivity index (χ0n) is 22.2. The van der Waals surface area contributed by atoms with E-state index in [1.54, 1.807) is 0 Å². The van der Waals surface area contributed by atoms with Crippen LogP contribution in [0.4, 0.5) is 0 Å². The fourth-order valence-electron chi connectivity index (χ4n) is 9.88. The zero-order chi connectivity index (χ0) is 24.5. The zero-order valence-corrected chi connectivity index (χ0v) is 22.2. The highest BCUT2D eigenvalue weighted by Gasteiger charge is 2.63. The summed E-state index contributed by atoms with van der Waals surface area (Å²) in [6, 6.07) is 0. The van der Waals surface area contributed by atoms with Crippen molar-refractivity contribution >= 4 is 5.97 Å². The Bertz CT molecular complexity index is 693. The standard InChI is InChI=1S/C30H52O4/c1-4-5-6-7-8-9-20(10-13-27(33)34)23-11-12-24-28-25(15-17-30(23,24)3)29(2)16-14-22(31)18-21(29)19-26(28)32/h20-26,28,31-32H,4-19H2,1-3H3,(H,33,34)/t20-,21?,22-,23-,24+,25+,26-,28+,29+,30-/m1/s1. The second kappa shape index (κ2) is 10.8. The van der Waals surface area contributed by atoms with Gasteiger partial charge in [-0.25, -0.2) is 0 Å². The smallest absolute Gasteiger partial charge is 0.303 e. The number of carbonyl (C=O) groups is 1. The van der Waals surface area contributed by atoms with Crippen molar-refractivity contribution in [3.63, 3.8) is 0 Å². The van der Waals surface area contributed by atoms with Crippen LogP contribution in [0, 0.1) is 46.3 Å². The summed E-state index contributed by atoms with van der Waals surface area (Å²) in [5.41, 5.74) is 0.511. The Kier molecular flexibility index (Phi) is 8.39. The summed E-state index contributed by atoms with van der Waals surface area (Å²) in [5.74, 6) is 2.47. The van der Waals surface area contributed by atoms with Gasteiger partial charge in [-0.3, -0.25) is 4.79 Å². The van der Waals surface area contributed by atoms with E-state index in [0.717, 1.165) is 32.1 Å². The normalized spacial score (nSPS) is 44.7. The molecule has 4 aliphatic rings. The Hall–Kier alpha value is -0.610. The molecule has 0 radical (unpaired) electrons. The number of carboxylic acids is 1. The van der Waals surface area contributed by atoms with Crippen LogP contribution in [0.1, 0.15) is 124 Å². The van der Waals surface area contributed by atoms with Gasteiger partial charge in [-0.1, -0.05) is 59.3 Å². The lowest BCUT2D eigenvalue weighted by molar-refractivity contribution is -0.174. The van der Waals surface area contributed by atoms with Crippen LogP contribution >= 0.6 is 0 Å². The minimum absolute atomic E-state index is 0.182. The molecule has 4 saturated carbocycles. The van der Waals surface area contributed by atoms with Crippen LogP contribution in [0.25, 0.3) is 0 Å². The van der Waals surface area contributed by atoms with E-state index < -0.39 is 5.97 Å². The molecule has 4 rings (SSSR count). The Morgan fingerprint density at radius 2 is 1.59 bits per heavy atom. The minimum atomic E-state index is -0.652. The lowest BCUT2D eigenvalue weighted by atomic mass is 9.43. The Morgan fingerprint density at radius 1 is 0.882 bits per heavy atom. The molecule has 0 aliphatic heterocycles. The van der Waals surface area contributed by atoms with Crippen molar-refractivity contribution in [2.75, 3.05) is 0 Å². The van der Waals surface area contributed by atoms with E-state index in [1.807, 2.05) is 0 Å². The second-order valence-electron chi connectivity index (χ2n) is 13.3. The largest absolute Gasteiger partial charge is 0.481 e. The van der Waals surface area contributed by atoms with Gasteiger partial charge in [0.25, 0.3) is 0 Å². The third-order valence-electron chi connectivity index (χ3n) is 11.7. The van der Waals surface area contributed by atoms with Gasteiger partial charge in [0.2, 0.25) is 0 Å². The van der Waals surface area contributed by atoms with E-state index in [2.05, 4.69) is 20.8 Å². The number of aliphatic hydroxyl groups is 2. The first-order valence-corrected chi connectivity index (χ1v) is 14.8. The molecule has 4 aliphatic carbocycles. The number of fused-ring (bicyclic) bond motifs is 5. The van der Waals surface area contributed by atoms with Crippen LogP contribution in [0.3, 0.4) is 0 Å². The highest BCUT2D eigenvalue weighted by Crippen LogP contribution is 2.68. The summed E-state index contributed by atoms with van der Waals surface area (Å²) in [6.07, 6.45) is 16.9. The lowest BCUT2D eigenvalue weighted by Gasteiger charge is -2.62. The molecule has 4 fully saturated rings. The third kappa shape index (κ3) is 4.97. The molecule has 0 amide bonds. The van der Waals surface area contributed by atoms with Crippen molar-refractivity contribution < 1.29 is 20.1 Å². The number of unbranched alkanes of at least 4 members (excludes halogenated alkanes) is 4. The van der Waals surface area contributed by atoms with Gasteiger partial charge in [-0.05, 0) is 104 Å². The maximum absolute atomic E-state index is 11.5. The highest BCUT2D eigenvalue weighted by atomic mass is 16.4. The summed E-state index contributed by atoms with van der Waals surface area (Å²) in [7, 11) is 0. The van der Waals surface area contributed by atoms with E-state index >= 15 is 0 Å². The number of aliphatic hydroxyl groups excluding tert-OH is 2. The molecule has 10 atom stereocenters. The highest BCUT2D eigenvalue weighted by molar-refractivity contribution is 5.66. The maximum atomic E-state index is 11.5. The number of hydrogen-bond acceptors (Lipinski definition) is 3. The van der Waals surface area contributed by atoms with Crippen molar-refractivity contribution in [3.05, 3.63) is 0 Å². The first-order valence-electron chi connectivity index (χ1n) is 14.8. The van der Waals surface area contributed by atoms with Gasteiger partial charge >= 0.3 is 5.97 Å². The molecular formula is C30H52O4. The minimum Gasteiger partial charge on any atom is -0.481 e. The summed E-state index contributed by atoms with van der Waals surface area (Å²) in [6.45, 7) is 7.25. The van der Waals surface area contributed by atoms with E-state index in [9.17, 15) is 20.1 Å². The van der Waals surface area contributed by atoms with Gasteiger partial charge in [0.05, 0.1) is 12.2 Å². The number of carboxylic acid groups (broad SMARTS) is 1. The number of rotatable bonds is 10. The van der Waals surface area contributed by atoms with Crippen molar-refractivity contribution in [2.24, 2.45) is 46.3 Å². The SMILES string of the molecule is CCCCCCC[C@H](CCC(=O)O)[C@H]1CC[C@H]2[C@@H]3[C@H](O)CC4C[C@H](O)CC[C@]4(C)[C@H]3CC[C@]12C. The molecule has 196 valence electrons. The van der Waals surface area contributed by atoms with Crippen LogP contribution in [0.2, 0.25) is 0 Å². The predicted octanol–water partition coefficient (Wildman–Crippen LogP) is 6.82. The van der Waals surface area contributed by atoms with Crippen molar-refractivity contribution in [1.29, 1.82) is 0 Å². The quantitative estimate of drug-likeness (QED) is 0.302. The van der Waals surface area contributed by atoms with Crippen LogP contribution in [0.15, 0.2) is 0 Å². The first-order chi connectivity index (χ1) is 16.2. The van der Waals surface area contributed by atoms with Gasteiger partial charge in [-0.2, -0.15) is 0 Å². The fraction of sp³-hybridized carbons (Fsp3) is 0.967. The Balaban J connectivity index is 1.50. The van der Waals surface area contributed by atoms with E-state index in [0.29, 0.717) is 41.9 Å². The second-order valence-corrected chi connectivity index (χ2v) is 13.3. The molecule has 34 heavy (non-hydrogen) atoms. The van der Waals surface area contributed by atoms with Crippen molar-refractivity contribution in [1.82, 2.24) is 0 Å². The van der Waals surface area contributed by atoms with Gasteiger partial charge in [0.1, 0.15) is 0 Å². The molecule has 0 aromatic rings. The van der Waals surface area contributed by atoms with Crippen LogP contribution in [-0.4, -0.2) is 33.5 Å². The topological polar surface area (TPSA) is 77.8 Å². The molecule has 0 bridgehead atoms. The van der Waals surface area contributed by atoms with Gasteiger partial charge in [0.15, 0.2) is 0 Å². The number of aliphatic carboxylic acids is 1. The fourth-order valence-corrected chi connectivity index (χ4v) is 9.88. The van der Waals surface area contributed by atoms with Gasteiger partial charge < -0.3 is 15.3 Å². The summed E-state index contributed by atoms with van der Waals surface area (Å²) >= 11 is 0. The predicted molar refractivity (Wildman–Crippen MR) is 136 cm³/mol. The van der Waals surface area contributed by atoms with Crippen LogP contribution in [-0.2, 0) is 4.79 Å². The Labute approximate surface area is 208 Å². The molecule has 1 unspecified atom stereocenters. The monoisotopic (exact) mass is 476 g/mol. The van der Waals surface area contributed by atoms with Crippen LogP contribution < -0.4 is 0 Å². The molecule has 3 N–H and O–H groups in total. The van der Waals surface area contributed by atoms with E-state index in [4.69, 9.17) is 0 Å². The summed E-state index contributed by atoms with van der Waals surface area (Å²) in [4.78, 5) is 11.5. The maximum Gasteiger partial charge on any atom is 0.303 e. The first kappa shape index (κ1) is 26.5. The van der Waals surface area contributed by atoms with Gasteiger partial charge in [0, 0.05) is 6.42 Å². The molecule has 0 spiro atoms. The van der Waals surface area contributed by atoms with Crippen LogP contribution in [0.5, 0.6) is 0 Å². The molecule has 0 aromatic carbocycles. The molecule has 4 nitrogen and oxygen atoms in total. The molecular weight excluding hydrogens is 424 g/mol. The average molecular weight is 477 g/mol. The molecule has 4 heteroatoms. The lowest BCUT2D eigenvalue weighted by Crippen LogP contribution is -2.58. The van der Waals surface area contributed by atoms with E-state index in [-0.39, 0.29) is 23.0 Å². The number of hydrogen-bond donors (Lipinski definition) is 3. The molecule has 0 heterocycles.